The highest BCUT2D eigenvalue weighted by Gasteiger charge is 2.04. The summed E-state index contributed by atoms with van der Waals surface area (Å²) in [6.07, 6.45) is 1.95. The molecule has 23 heavy (non-hydrogen) atoms. The number of hydrogen-bond acceptors (Lipinski definition) is 3. The molecule has 0 aliphatic carbocycles. The van der Waals surface area contributed by atoms with Gasteiger partial charge in [0.2, 0.25) is 0 Å². The molecule has 0 aliphatic rings. The van der Waals surface area contributed by atoms with Gasteiger partial charge in [0, 0.05) is 30.9 Å². The zero-order valence-corrected chi connectivity index (χ0v) is 15.0. The zero-order valence-electron chi connectivity index (χ0n) is 14.2. The molecule has 0 saturated carbocycles. The Balaban J connectivity index is 1.81. The van der Waals surface area contributed by atoms with Crippen LogP contribution in [0.2, 0.25) is 0 Å². The van der Waals surface area contributed by atoms with Gasteiger partial charge in [0.05, 0.1) is 10.7 Å². The average molecular weight is 331 g/mol. The van der Waals surface area contributed by atoms with Gasteiger partial charge in [-0.15, -0.1) is 11.3 Å². The number of aromatic nitrogens is 1. The predicted molar refractivity (Wildman–Crippen MR) is 99.4 cm³/mol. The lowest BCUT2D eigenvalue weighted by Gasteiger charge is -2.11. The van der Waals surface area contributed by atoms with Gasteiger partial charge in [-0.2, -0.15) is 0 Å². The van der Waals surface area contributed by atoms with Crippen LogP contribution in [-0.4, -0.2) is 30.6 Å². The van der Waals surface area contributed by atoms with Crippen molar-refractivity contribution in [1.82, 2.24) is 15.6 Å². The van der Waals surface area contributed by atoms with Crippen LogP contribution in [-0.2, 0) is 12.8 Å². The summed E-state index contributed by atoms with van der Waals surface area (Å²) in [5.41, 5.74) is 2.48. The molecular formula is C18H26N4S. The predicted octanol–water partition coefficient (Wildman–Crippen LogP) is 3.10. The molecule has 2 N–H and O–H groups in total. The molecular weight excluding hydrogens is 304 g/mol. The van der Waals surface area contributed by atoms with Crippen LogP contribution >= 0.6 is 11.3 Å². The van der Waals surface area contributed by atoms with E-state index in [0.717, 1.165) is 49.1 Å². The number of aryl methyl sites for hydroxylation is 2. The molecule has 1 aromatic heterocycles. The maximum absolute atomic E-state index is 4.66. The summed E-state index contributed by atoms with van der Waals surface area (Å²) in [6.45, 7) is 8.75. The molecule has 0 bridgehead atoms. The minimum absolute atomic E-state index is 0.781. The quantitative estimate of drug-likeness (QED) is 0.606. The monoisotopic (exact) mass is 330 g/mol. The van der Waals surface area contributed by atoms with Crippen molar-refractivity contribution in [2.45, 2.75) is 33.6 Å². The molecule has 0 amide bonds. The molecule has 0 saturated heterocycles. The minimum atomic E-state index is 0.781. The Morgan fingerprint density at radius 3 is 2.57 bits per heavy atom. The van der Waals surface area contributed by atoms with Crippen molar-refractivity contribution in [2.75, 3.05) is 19.6 Å². The molecule has 5 heteroatoms. The molecule has 2 rings (SSSR count). The van der Waals surface area contributed by atoms with Crippen molar-refractivity contribution in [3.63, 3.8) is 0 Å². The molecule has 1 aromatic carbocycles. The van der Waals surface area contributed by atoms with Crippen molar-refractivity contribution in [1.29, 1.82) is 0 Å². The average Bonchev–Trinajstić information content (AvgIpc) is 2.86. The number of rotatable bonds is 7. The van der Waals surface area contributed by atoms with Crippen LogP contribution in [0.5, 0.6) is 0 Å². The van der Waals surface area contributed by atoms with Crippen molar-refractivity contribution in [3.8, 4) is 0 Å². The second kappa shape index (κ2) is 9.30. The van der Waals surface area contributed by atoms with Gasteiger partial charge in [0.25, 0.3) is 0 Å². The van der Waals surface area contributed by atoms with E-state index in [0.29, 0.717) is 0 Å². The van der Waals surface area contributed by atoms with E-state index in [1.165, 1.54) is 10.4 Å². The first-order valence-corrected chi connectivity index (χ1v) is 8.99. The summed E-state index contributed by atoms with van der Waals surface area (Å²) >= 11 is 1.77. The molecule has 4 nitrogen and oxygen atoms in total. The fourth-order valence-corrected chi connectivity index (χ4v) is 3.31. The lowest BCUT2D eigenvalue weighted by Crippen LogP contribution is -2.38. The molecule has 0 aliphatic heterocycles. The fraction of sp³-hybridized carbons (Fsp3) is 0.444. The summed E-state index contributed by atoms with van der Waals surface area (Å²) < 4.78 is 0. The number of guanidine groups is 1. The zero-order chi connectivity index (χ0) is 16.5. The van der Waals surface area contributed by atoms with Crippen molar-refractivity contribution in [3.05, 3.63) is 51.5 Å². The Bertz CT molecular complexity index is 619. The summed E-state index contributed by atoms with van der Waals surface area (Å²) in [6, 6.07) is 10.5. The van der Waals surface area contributed by atoms with E-state index < -0.39 is 0 Å². The first kappa shape index (κ1) is 17.5. The van der Waals surface area contributed by atoms with Gasteiger partial charge in [0.15, 0.2) is 5.96 Å². The summed E-state index contributed by atoms with van der Waals surface area (Å²) in [5, 5.41) is 7.84. The van der Waals surface area contributed by atoms with Crippen LogP contribution < -0.4 is 10.6 Å². The minimum Gasteiger partial charge on any atom is -0.357 e. The third-order valence-corrected chi connectivity index (χ3v) is 4.63. The van der Waals surface area contributed by atoms with Crippen LogP contribution in [0.4, 0.5) is 0 Å². The van der Waals surface area contributed by atoms with Crippen LogP contribution in [0, 0.1) is 13.8 Å². The Kier molecular flexibility index (Phi) is 7.07. The van der Waals surface area contributed by atoms with Crippen LogP contribution in [0.1, 0.15) is 28.1 Å². The van der Waals surface area contributed by atoms with Crippen LogP contribution in [0.25, 0.3) is 0 Å². The molecule has 0 unspecified atom stereocenters. The number of nitrogens with zero attached hydrogens (tertiary/aromatic N) is 2. The maximum Gasteiger partial charge on any atom is 0.191 e. The molecule has 1 heterocycles. The van der Waals surface area contributed by atoms with Gasteiger partial charge in [0.1, 0.15) is 0 Å². The van der Waals surface area contributed by atoms with E-state index in [1.807, 2.05) is 6.07 Å². The van der Waals surface area contributed by atoms with E-state index >= 15 is 0 Å². The van der Waals surface area contributed by atoms with Gasteiger partial charge in [-0.1, -0.05) is 30.3 Å². The van der Waals surface area contributed by atoms with Gasteiger partial charge in [-0.3, -0.25) is 4.99 Å². The largest absolute Gasteiger partial charge is 0.357 e. The molecule has 0 atom stereocenters. The van der Waals surface area contributed by atoms with E-state index in [9.17, 15) is 0 Å². The SMILES string of the molecule is CCNC(=NCCc1sc(C)nc1C)NCCc1ccccc1. The Hall–Kier alpha value is -1.88. The highest BCUT2D eigenvalue weighted by atomic mass is 32.1. The third kappa shape index (κ3) is 6.02. The summed E-state index contributed by atoms with van der Waals surface area (Å²) in [5.74, 6) is 0.891. The molecule has 0 radical (unpaired) electrons. The van der Waals surface area contributed by atoms with E-state index in [1.54, 1.807) is 11.3 Å². The van der Waals surface area contributed by atoms with Gasteiger partial charge < -0.3 is 10.6 Å². The summed E-state index contributed by atoms with van der Waals surface area (Å²) in [4.78, 5) is 10.5. The fourth-order valence-electron chi connectivity index (χ4n) is 2.39. The highest BCUT2D eigenvalue weighted by molar-refractivity contribution is 7.11. The van der Waals surface area contributed by atoms with Gasteiger partial charge in [-0.25, -0.2) is 4.98 Å². The van der Waals surface area contributed by atoms with Gasteiger partial charge >= 0.3 is 0 Å². The van der Waals surface area contributed by atoms with E-state index in [2.05, 4.69) is 65.6 Å². The van der Waals surface area contributed by atoms with Crippen molar-refractivity contribution >= 4 is 17.3 Å². The second-order valence-corrected chi connectivity index (χ2v) is 6.70. The Morgan fingerprint density at radius 2 is 1.91 bits per heavy atom. The number of hydrogen-bond donors (Lipinski definition) is 2. The standard InChI is InChI=1S/C18H26N4S/c1-4-19-18(20-12-10-16-8-6-5-7-9-16)21-13-11-17-14(2)22-15(3)23-17/h5-9H,4,10-13H2,1-3H3,(H2,19,20,21). The number of aliphatic imine (C=N–C) groups is 1. The van der Waals surface area contributed by atoms with E-state index in [4.69, 9.17) is 0 Å². The number of thiazole rings is 1. The van der Waals surface area contributed by atoms with E-state index in [-0.39, 0.29) is 0 Å². The topological polar surface area (TPSA) is 49.3 Å². The Labute approximate surface area is 143 Å². The Morgan fingerprint density at radius 1 is 1.13 bits per heavy atom. The number of benzene rings is 1. The van der Waals surface area contributed by atoms with Crippen LogP contribution in [0.3, 0.4) is 0 Å². The summed E-state index contributed by atoms with van der Waals surface area (Å²) in [7, 11) is 0. The molecule has 0 fully saturated rings. The van der Waals surface area contributed by atoms with Gasteiger partial charge in [-0.05, 0) is 32.8 Å². The number of nitrogens with one attached hydrogen (secondary N) is 2. The van der Waals surface area contributed by atoms with Crippen LogP contribution in [0.15, 0.2) is 35.3 Å². The smallest absolute Gasteiger partial charge is 0.191 e. The van der Waals surface area contributed by atoms with Crippen molar-refractivity contribution in [2.24, 2.45) is 4.99 Å². The third-order valence-electron chi connectivity index (χ3n) is 3.50. The lowest BCUT2D eigenvalue weighted by atomic mass is 10.1. The first-order chi connectivity index (χ1) is 11.2. The van der Waals surface area contributed by atoms with Crippen molar-refractivity contribution < 1.29 is 0 Å². The molecule has 0 spiro atoms. The highest BCUT2D eigenvalue weighted by Crippen LogP contribution is 2.17. The lowest BCUT2D eigenvalue weighted by molar-refractivity contribution is 0.797. The first-order valence-electron chi connectivity index (χ1n) is 8.18. The normalized spacial score (nSPS) is 11.5. The maximum atomic E-state index is 4.66. The molecule has 2 aromatic rings. The molecule has 124 valence electrons. The second-order valence-electron chi connectivity index (χ2n) is 5.41.